The Morgan fingerprint density at radius 1 is 1.10 bits per heavy atom. The largest absolute Gasteiger partial charge is 0.337 e. The van der Waals surface area contributed by atoms with Crippen LogP contribution < -0.4 is 10.6 Å². The van der Waals surface area contributed by atoms with Crippen molar-refractivity contribution < 1.29 is 9.59 Å². The highest BCUT2D eigenvalue weighted by atomic mass is 16.2. The molecule has 2 N–H and O–H groups in total. The predicted molar refractivity (Wildman–Crippen MR) is 112 cm³/mol. The highest BCUT2D eigenvalue weighted by Crippen LogP contribution is 2.12. The van der Waals surface area contributed by atoms with Crippen molar-refractivity contribution in [2.24, 2.45) is 0 Å². The quantitative estimate of drug-likeness (QED) is 0.805. The van der Waals surface area contributed by atoms with Crippen LogP contribution in [0.25, 0.3) is 0 Å². The number of aryl methyl sites for hydroxylation is 2. The van der Waals surface area contributed by atoms with Crippen LogP contribution in [-0.4, -0.2) is 71.5 Å². The summed E-state index contributed by atoms with van der Waals surface area (Å²) < 4.78 is 0. The summed E-state index contributed by atoms with van der Waals surface area (Å²) in [4.78, 5) is 37.4. The number of aromatic nitrogens is 2. The van der Waals surface area contributed by atoms with Crippen LogP contribution in [0.1, 0.15) is 27.3 Å². The van der Waals surface area contributed by atoms with Crippen molar-refractivity contribution in [2.75, 3.05) is 45.1 Å². The van der Waals surface area contributed by atoms with Crippen molar-refractivity contribution >= 4 is 17.6 Å². The lowest BCUT2D eigenvalue weighted by Gasteiger charge is -2.32. The molecule has 3 heterocycles. The van der Waals surface area contributed by atoms with Gasteiger partial charge < -0.3 is 20.4 Å². The molecule has 0 radical (unpaired) electrons. The molecule has 0 atom stereocenters. The van der Waals surface area contributed by atoms with E-state index in [0.717, 1.165) is 29.9 Å². The van der Waals surface area contributed by atoms with E-state index in [-0.39, 0.29) is 11.9 Å². The zero-order valence-corrected chi connectivity index (χ0v) is 17.2. The number of nitrogens with zero attached hydrogens (tertiary/aromatic N) is 4. The number of amides is 3. The van der Waals surface area contributed by atoms with Gasteiger partial charge in [0, 0.05) is 62.9 Å². The Hall–Kier alpha value is -3.00. The minimum absolute atomic E-state index is 0.108. The van der Waals surface area contributed by atoms with Crippen LogP contribution in [-0.2, 0) is 6.42 Å². The van der Waals surface area contributed by atoms with E-state index < -0.39 is 0 Å². The fourth-order valence-electron chi connectivity index (χ4n) is 3.27. The molecule has 1 fully saturated rings. The maximum absolute atomic E-state index is 12.6. The first-order valence-electron chi connectivity index (χ1n) is 9.83. The molecule has 29 heavy (non-hydrogen) atoms. The van der Waals surface area contributed by atoms with Crippen molar-refractivity contribution in [2.45, 2.75) is 20.3 Å². The lowest BCUT2D eigenvalue weighted by atomic mass is 10.1. The normalized spacial score (nSPS) is 14.5. The molecule has 0 bridgehead atoms. The molecule has 0 spiro atoms. The highest BCUT2D eigenvalue weighted by molar-refractivity contribution is 5.95. The van der Waals surface area contributed by atoms with Gasteiger partial charge in [-0.15, -0.1) is 0 Å². The fourth-order valence-corrected chi connectivity index (χ4v) is 3.27. The summed E-state index contributed by atoms with van der Waals surface area (Å²) in [5, 5.41) is 5.59. The van der Waals surface area contributed by atoms with Crippen molar-refractivity contribution in [1.29, 1.82) is 0 Å². The van der Waals surface area contributed by atoms with Gasteiger partial charge in [-0.25, -0.2) is 4.79 Å². The molecule has 3 amide bonds. The number of carbonyl (C=O) groups excluding carboxylic acids is 2. The molecule has 8 nitrogen and oxygen atoms in total. The molecule has 1 aliphatic rings. The van der Waals surface area contributed by atoms with Gasteiger partial charge in [0.15, 0.2) is 0 Å². The van der Waals surface area contributed by atoms with Gasteiger partial charge in [-0.3, -0.25) is 14.8 Å². The van der Waals surface area contributed by atoms with Crippen molar-refractivity contribution in [1.82, 2.24) is 25.1 Å². The van der Waals surface area contributed by atoms with Crippen LogP contribution in [0, 0.1) is 13.8 Å². The third-order valence-electron chi connectivity index (χ3n) is 5.00. The third-order valence-corrected chi connectivity index (χ3v) is 5.00. The molecule has 154 valence electrons. The van der Waals surface area contributed by atoms with Crippen LogP contribution in [0.5, 0.6) is 0 Å². The molecule has 0 aromatic carbocycles. The number of anilines is 1. The molecule has 1 aliphatic heterocycles. The predicted octanol–water partition coefficient (Wildman–Crippen LogP) is 1.85. The van der Waals surface area contributed by atoms with Gasteiger partial charge in [-0.1, -0.05) is 6.07 Å². The Morgan fingerprint density at radius 3 is 2.59 bits per heavy atom. The maximum atomic E-state index is 12.6. The lowest BCUT2D eigenvalue weighted by Crippen LogP contribution is -2.47. The van der Waals surface area contributed by atoms with Gasteiger partial charge in [-0.2, -0.15) is 0 Å². The van der Waals surface area contributed by atoms with E-state index in [2.05, 4.69) is 31.6 Å². The van der Waals surface area contributed by atoms with Crippen molar-refractivity contribution in [3.63, 3.8) is 0 Å². The zero-order chi connectivity index (χ0) is 20.8. The Balaban J connectivity index is 1.51. The second-order valence-electron chi connectivity index (χ2n) is 7.43. The summed E-state index contributed by atoms with van der Waals surface area (Å²) in [6.07, 6.45) is 4.03. The first kappa shape index (κ1) is 20.7. The number of rotatable bonds is 5. The number of likely N-dealkylation sites (N-methyl/N-ethyl adjacent to an activating group) is 1. The topological polar surface area (TPSA) is 90.5 Å². The van der Waals surface area contributed by atoms with Crippen molar-refractivity contribution in [3.05, 3.63) is 53.1 Å². The van der Waals surface area contributed by atoms with E-state index in [4.69, 9.17) is 0 Å². The Morgan fingerprint density at radius 2 is 1.86 bits per heavy atom. The van der Waals surface area contributed by atoms with Crippen LogP contribution in [0.3, 0.4) is 0 Å². The van der Waals surface area contributed by atoms with Gasteiger partial charge in [0.25, 0.3) is 5.91 Å². The molecule has 2 aromatic heterocycles. The Labute approximate surface area is 171 Å². The van der Waals surface area contributed by atoms with Gasteiger partial charge in [0.2, 0.25) is 0 Å². The fraction of sp³-hybridized carbons (Fsp3) is 0.429. The smallest absolute Gasteiger partial charge is 0.319 e. The lowest BCUT2D eigenvalue weighted by molar-refractivity contribution is 0.0658. The molecule has 2 aromatic rings. The van der Waals surface area contributed by atoms with Gasteiger partial charge >= 0.3 is 6.03 Å². The second-order valence-corrected chi connectivity index (χ2v) is 7.43. The molecule has 8 heteroatoms. The van der Waals surface area contributed by atoms with Crippen LogP contribution in [0.2, 0.25) is 0 Å². The van der Waals surface area contributed by atoms with E-state index in [1.54, 1.807) is 23.2 Å². The minimum Gasteiger partial charge on any atom is -0.337 e. The molecule has 0 aliphatic carbocycles. The van der Waals surface area contributed by atoms with Gasteiger partial charge in [0.05, 0.1) is 0 Å². The summed E-state index contributed by atoms with van der Waals surface area (Å²) in [7, 11) is 2.04. The second kappa shape index (κ2) is 9.47. The van der Waals surface area contributed by atoms with Gasteiger partial charge in [-0.05, 0) is 44.2 Å². The Kier molecular flexibility index (Phi) is 6.77. The number of piperazine rings is 1. The maximum Gasteiger partial charge on any atom is 0.319 e. The average molecular weight is 396 g/mol. The molecule has 0 unspecified atom stereocenters. The zero-order valence-electron chi connectivity index (χ0n) is 17.2. The summed E-state index contributed by atoms with van der Waals surface area (Å²) in [6, 6.07) is 5.05. The number of nitrogens with one attached hydrogen (secondary N) is 2. The summed E-state index contributed by atoms with van der Waals surface area (Å²) >= 11 is 0. The van der Waals surface area contributed by atoms with E-state index in [1.165, 1.54) is 0 Å². The number of hydrogen-bond donors (Lipinski definition) is 2. The number of hydrogen-bond acceptors (Lipinski definition) is 5. The number of carbonyl (C=O) groups is 2. The molecule has 1 saturated heterocycles. The summed E-state index contributed by atoms with van der Waals surface area (Å²) in [5.41, 5.74) is 4.09. The first-order chi connectivity index (χ1) is 13.9. The third kappa shape index (κ3) is 5.74. The molecular weight excluding hydrogens is 368 g/mol. The van der Waals surface area contributed by atoms with Crippen LogP contribution in [0.15, 0.2) is 30.6 Å². The average Bonchev–Trinajstić information content (AvgIpc) is 2.70. The summed E-state index contributed by atoms with van der Waals surface area (Å²) in [5.74, 6) is -0.108. The monoisotopic (exact) mass is 396 g/mol. The van der Waals surface area contributed by atoms with Crippen LogP contribution >= 0.6 is 0 Å². The SMILES string of the molecule is Cc1cnc(CCNC(=O)Nc2ccnc(C(=O)N3CCN(C)CC3)c2)c(C)c1. The standard InChI is InChI=1S/C21H28N6O2/c1-15-12-16(2)18(24-14-15)5-7-23-21(29)25-17-4-6-22-19(13-17)20(28)27-10-8-26(3)9-11-27/h4,6,12-14H,5,7-11H2,1-3H3,(H2,22,23,25,29). The molecule has 3 rings (SSSR count). The summed E-state index contributed by atoms with van der Waals surface area (Å²) in [6.45, 7) is 7.56. The van der Waals surface area contributed by atoms with E-state index in [0.29, 0.717) is 37.4 Å². The van der Waals surface area contributed by atoms with E-state index >= 15 is 0 Å². The van der Waals surface area contributed by atoms with Gasteiger partial charge in [0.1, 0.15) is 5.69 Å². The van der Waals surface area contributed by atoms with Crippen molar-refractivity contribution in [3.8, 4) is 0 Å². The number of urea groups is 1. The Bertz CT molecular complexity index is 877. The minimum atomic E-state index is -0.320. The van der Waals surface area contributed by atoms with Crippen LogP contribution in [0.4, 0.5) is 10.5 Å². The first-order valence-corrected chi connectivity index (χ1v) is 9.83. The molecular formula is C21H28N6O2. The molecule has 0 saturated carbocycles. The van der Waals surface area contributed by atoms with E-state index in [9.17, 15) is 9.59 Å². The van der Waals surface area contributed by atoms with E-state index in [1.807, 2.05) is 27.1 Å². The highest BCUT2D eigenvalue weighted by Gasteiger charge is 2.21. The number of pyridine rings is 2.